The first-order valence-electron chi connectivity index (χ1n) is 8.50. The third-order valence-corrected chi connectivity index (χ3v) is 4.15. The zero-order valence-corrected chi connectivity index (χ0v) is 15.4. The summed E-state index contributed by atoms with van der Waals surface area (Å²) in [6, 6.07) is 7.15. The molecule has 0 fully saturated rings. The number of pyridine rings is 1. The summed E-state index contributed by atoms with van der Waals surface area (Å²) in [5.74, 6) is 0.126. The van der Waals surface area contributed by atoms with E-state index in [0.717, 1.165) is 6.07 Å². The lowest BCUT2D eigenvalue weighted by atomic mass is 10.1. The normalized spacial score (nSPS) is 11.0. The molecule has 0 bridgehead atoms. The van der Waals surface area contributed by atoms with Gasteiger partial charge in [-0.1, -0.05) is 6.07 Å². The summed E-state index contributed by atoms with van der Waals surface area (Å²) >= 11 is 0. The van der Waals surface area contributed by atoms with Gasteiger partial charge in [-0.3, -0.25) is 10.4 Å². The molecule has 7 N–H and O–H groups in total. The molecule has 0 aliphatic rings. The Balaban J connectivity index is 1.97. The molecule has 2 aromatic heterocycles. The summed E-state index contributed by atoms with van der Waals surface area (Å²) in [4.78, 5) is 12.2. The Morgan fingerprint density at radius 3 is 2.60 bits per heavy atom. The van der Waals surface area contributed by atoms with Crippen molar-refractivity contribution < 1.29 is 18.6 Å². The molecule has 0 unspecified atom stereocenters. The van der Waals surface area contributed by atoms with Crippen LogP contribution in [0.5, 0.6) is 0 Å². The highest BCUT2D eigenvalue weighted by Gasteiger charge is 2.33. The minimum atomic E-state index is -4.57. The van der Waals surface area contributed by atoms with Gasteiger partial charge < -0.3 is 16.8 Å². The number of nitriles is 1. The Labute approximate surface area is 168 Å². The van der Waals surface area contributed by atoms with Crippen molar-refractivity contribution in [3.63, 3.8) is 0 Å². The fraction of sp³-hybridized carbons (Fsp3) is 0.105. The standard InChI is InChI=1S/C19H15F3N8/c20-19(21,22)14-4-10(1-2-15(14)25)8-28-17-13(6-24)16(29-18(26)30-17)12-3-11(5-23)7-27-9-12/h1-4,6-7,9,24H,8,25H2,(H3,26,28,29,30)/p+1. The van der Waals surface area contributed by atoms with E-state index in [0.29, 0.717) is 27.9 Å². The van der Waals surface area contributed by atoms with Crippen LogP contribution in [0.25, 0.3) is 11.3 Å². The number of nitrogens with two attached hydrogens (primary N) is 3. The minimum Gasteiger partial charge on any atom is -0.398 e. The van der Waals surface area contributed by atoms with Crippen LogP contribution in [0.1, 0.15) is 22.3 Å². The molecule has 3 rings (SSSR count). The second-order valence-corrected chi connectivity index (χ2v) is 6.21. The molecule has 0 aliphatic heterocycles. The smallest absolute Gasteiger partial charge is 0.398 e. The lowest BCUT2D eigenvalue weighted by Gasteiger charge is -2.14. The molecule has 0 saturated heterocycles. The number of hydrogen-bond donors (Lipinski definition) is 4. The predicted octanol–water partition coefficient (Wildman–Crippen LogP) is 1.38. The topological polar surface area (TPSA) is 152 Å². The van der Waals surface area contributed by atoms with E-state index in [9.17, 15) is 13.2 Å². The van der Waals surface area contributed by atoms with Crippen LogP contribution in [-0.4, -0.2) is 21.2 Å². The van der Waals surface area contributed by atoms with Gasteiger partial charge in [-0.2, -0.15) is 23.4 Å². The van der Waals surface area contributed by atoms with Crippen LogP contribution >= 0.6 is 0 Å². The van der Waals surface area contributed by atoms with Gasteiger partial charge in [0.25, 0.3) is 0 Å². The average Bonchev–Trinajstić information content (AvgIpc) is 2.71. The molecule has 0 radical (unpaired) electrons. The van der Waals surface area contributed by atoms with Crippen molar-refractivity contribution in [1.82, 2.24) is 15.0 Å². The van der Waals surface area contributed by atoms with Gasteiger partial charge in [0.2, 0.25) is 5.95 Å². The number of nitrogens with zero attached hydrogens (tertiary/aromatic N) is 4. The van der Waals surface area contributed by atoms with Crippen LogP contribution in [-0.2, 0) is 12.7 Å². The van der Waals surface area contributed by atoms with Gasteiger partial charge in [0.05, 0.1) is 16.8 Å². The number of nitrogen functional groups attached to an aromatic ring is 2. The number of anilines is 3. The second-order valence-electron chi connectivity index (χ2n) is 6.21. The number of rotatable bonds is 5. The molecule has 0 saturated carbocycles. The number of alkyl halides is 3. The fourth-order valence-corrected chi connectivity index (χ4v) is 2.77. The first-order valence-corrected chi connectivity index (χ1v) is 8.50. The van der Waals surface area contributed by atoms with Crippen molar-refractivity contribution in [2.75, 3.05) is 16.8 Å². The van der Waals surface area contributed by atoms with Gasteiger partial charge in [-0.15, -0.1) is 0 Å². The third-order valence-electron chi connectivity index (χ3n) is 4.15. The van der Waals surface area contributed by atoms with Gasteiger partial charge in [-0.25, -0.2) is 4.98 Å². The van der Waals surface area contributed by atoms with Crippen LogP contribution in [0.15, 0.2) is 36.7 Å². The Kier molecular flexibility index (Phi) is 5.50. The van der Waals surface area contributed by atoms with Crippen molar-refractivity contribution in [2.24, 2.45) is 0 Å². The molecule has 2 heterocycles. The van der Waals surface area contributed by atoms with E-state index in [-0.39, 0.29) is 24.0 Å². The molecule has 30 heavy (non-hydrogen) atoms. The molecular formula is C19H16F3N8+. The molecule has 0 spiro atoms. The molecule has 152 valence electrons. The van der Waals surface area contributed by atoms with E-state index < -0.39 is 11.7 Å². The molecular weight excluding hydrogens is 397 g/mol. The van der Waals surface area contributed by atoms with Crippen molar-refractivity contribution in [2.45, 2.75) is 12.7 Å². The van der Waals surface area contributed by atoms with Crippen molar-refractivity contribution in [1.29, 1.82) is 5.26 Å². The first-order chi connectivity index (χ1) is 14.2. The highest BCUT2D eigenvalue weighted by atomic mass is 19.4. The monoisotopic (exact) mass is 413 g/mol. The third kappa shape index (κ3) is 4.27. The van der Waals surface area contributed by atoms with Crippen molar-refractivity contribution in [3.8, 4) is 17.3 Å². The summed E-state index contributed by atoms with van der Waals surface area (Å²) in [5, 5.41) is 17.7. The summed E-state index contributed by atoms with van der Waals surface area (Å²) in [6.07, 6.45) is -0.463. The van der Waals surface area contributed by atoms with E-state index in [1.54, 1.807) is 6.07 Å². The Morgan fingerprint density at radius 1 is 1.17 bits per heavy atom. The van der Waals surface area contributed by atoms with E-state index in [1.165, 1.54) is 30.7 Å². The van der Waals surface area contributed by atoms with Crippen LogP contribution in [0.2, 0.25) is 0 Å². The van der Waals surface area contributed by atoms with Crippen LogP contribution < -0.4 is 22.2 Å². The lowest BCUT2D eigenvalue weighted by molar-refractivity contribution is -0.137. The molecule has 8 nitrogen and oxygen atoms in total. The van der Waals surface area contributed by atoms with Crippen molar-refractivity contribution >= 4 is 23.7 Å². The van der Waals surface area contributed by atoms with Gasteiger partial charge in [0.1, 0.15) is 17.5 Å². The lowest BCUT2D eigenvalue weighted by Crippen LogP contribution is -2.31. The zero-order chi connectivity index (χ0) is 21.9. The van der Waals surface area contributed by atoms with Gasteiger partial charge in [0, 0.05) is 30.2 Å². The maximum Gasteiger partial charge on any atom is 0.418 e. The summed E-state index contributed by atoms with van der Waals surface area (Å²) in [6.45, 7) is -0.00339. The summed E-state index contributed by atoms with van der Waals surface area (Å²) in [5.41, 5.74) is 11.7. The molecule has 11 heteroatoms. The van der Waals surface area contributed by atoms with E-state index in [2.05, 4.69) is 20.3 Å². The number of benzene rings is 1. The van der Waals surface area contributed by atoms with Crippen molar-refractivity contribution in [3.05, 3.63) is 58.9 Å². The SMILES string of the molecule is N#Cc1cncc(-c2nc(N)nc(NCc3ccc(N)c(C(F)(F)F)c3)c2C=[NH2+])c1. The maximum atomic E-state index is 13.1. The first kappa shape index (κ1) is 20.5. The molecule has 0 atom stereocenters. The Bertz CT molecular complexity index is 1150. The Hall–Kier alpha value is -4.20. The van der Waals surface area contributed by atoms with E-state index in [1.807, 2.05) is 6.07 Å². The van der Waals surface area contributed by atoms with Gasteiger partial charge in [-0.05, 0) is 23.8 Å². The fourth-order valence-electron chi connectivity index (χ4n) is 2.77. The van der Waals surface area contributed by atoms with Gasteiger partial charge in [0.15, 0.2) is 6.21 Å². The largest absolute Gasteiger partial charge is 0.418 e. The van der Waals surface area contributed by atoms with E-state index in [4.69, 9.17) is 22.1 Å². The number of halogens is 3. The molecule has 3 aromatic rings. The highest BCUT2D eigenvalue weighted by Crippen LogP contribution is 2.34. The van der Waals surface area contributed by atoms with Crippen LogP contribution in [0, 0.1) is 11.3 Å². The number of nitrogens with one attached hydrogen (secondary N) is 1. The Morgan fingerprint density at radius 2 is 1.93 bits per heavy atom. The molecule has 0 aliphatic carbocycles. The highest BCUT2D eigenvalue weighted by molar-refractivity contribution is 5.92. The summed E-state index contributed by atoms with van der Waals surface area (Å²) < 4.78 is 39.2. The molecule has 0 amide bonds. The maximum absolute atomic E-state index is 13.1. The molecule has 1 aromatic carbocycles. The van der Waals surface area contributed by atoms with E-state index >= 15 is 0 Å². The zero-order valence-electron chi connectivity index (χ0n) is 15.4. The average molecular weight is 413 g/mol. The minimum absolute atomic E-state index is 0.00339. The quantitative estimate of drug-likeness (QED) is 0.364. The van der Waals surface area contributed by atoms with Gasteiger partial charge >= 0.3 is 6.18 Å². The number of aromatic nitrogens is 3. The van der Waals surface area contributed by atoms with Crippen LogP contribution in [0.3, 0.4) is 0 Å². The summed E-state index contributed by atoms with van der Waals surface area (Å²) in [7, 11) is 0. The second kappa shape index (κ2) is 8.04. The number of hydrogen-bond acceptors (Lipinski definition) is 7. The predicted molar refractivity (Wildman–Crippen MR) is 105 cm³/mol. The van der Waals surface area contributed by atoms with Crippen LogP contribution in [0.4, 0.5) is 30.6 Å².